The van der Waals surface area contributed by atoms with E-state index < -0.39 is 0 Å². The predicted octanol–water partition coefficient (Wildman–Crippen LogP) is 4.67. The summed E-state index contributed by atoms with van der Waals surface area (Å²) < 4.78 is 0. The normalized spacial score (nSPS) is 10.8. The Morgan fingerprint density at radius 2 is 1.48 bits per heavy atom. The zero-order valence-electron chi connectivity index (χ0n) is 12.8. The minimum absolute atomic E-state index is 0.892. The molecule has 0 spiro atoms. The third-order valence-corrected chi connectivity index (χ3v) is 3.86. The molecule has 3 aromatic heterocycles. The standard InChI is InChI=1S/C20H15N3/c1-14-6-8-15(9-7-14)20-16(4-2-13-22-20)17-10-11-18-19(23-17)5-3-12-21-18/h2-13H,1H3. The molecule has 3 heteroatoms. The molecule has 0 saturated carbocycles. The topological polar surface area (TPSA) is 38.7 Å². The van der Waals surface area contributed by atoms with Gasteiger partial charge in [0.2, 0.25) is 0 Å². The van der Waals surface area contributed by atoms with Crippen molar-refractivity contribution in [2.45, 2.75) is 6.92 Å². The van der Waals surface area contributed by atoms with Gasteiger partial charge in [0, 0.05) is 23.5 Å². The number of aryl methyl sites for hydroxylation is 1. The van der Waals surface area contributed by atoms with Gasteiger partial charge in [0.1, 0.15) is 0 Å². The van der Waals surface area contributed by atoms with Crippen LogP contribution in [0.2, 0.25) is 0 Å². The molecule has 0 radical (unpaired) electrons. The first-order chi connectivity index (χ1) is 11.3. The SMILES string of the molecule is Cc1ccc(-c2ncccc2-c2ccc3ncccc3n2)cc1. The van der Waals surface area contributed by atoms with Crippen LogP contribution < -0.4 is 0 Å². The predicted molar refractivity (Wildman–Crippen MR) is 92.9 cm³/mol. The van der Waals surface area contributed by atoms with Gasteiger partial charge in [-0.2, -0.15) is 0 Å². The van der Waals surface area contributed by atoms with Gasteiger partial charge >= 0.3 is 0 Å². The molecule has 0 unspecified atom stereocenters. The van der Waals surface area contributed by atoms with Crippen molar-refractivity contribution in [2.24, 2.45) is 0 Å². The summed E-state index contributed by atoms with van der Waals surface area (Å²) in [7, 11) is 0. The van der Waals surface area contributed by atoms with E-state index in [9.17, 15) is 0 Å². The summed E-state index contributed by atoms with van der Waals surface area (Å²) in [5, 5.41) is 0. The smallest absolute Gasteiger partial charge is 0.0894 e. The van der Waals surface area contributed by atoms with E-state index in [-0.39, 0.29) is 0 Å². The molecule has 4 aromatic rings. The van der Waals surface area contributed by atoms with Gasteiger partial charge in [-0.05, 0) is 43.3 Å². The average molecular weight is 297 g/mol. The highest BCUT2D eigenvalue weighted by molar-refractivity contribution is 5.83. The fraction of sp³-hybridized carbons (Fsp3) is 0.0500. The van der Waals surface area contributed by atoms with Crippen LogP contribution in [-0.4, -0.2) is 15.0 Å². The molecule has 0 aliphatic carbocycles. The number of benzene rings is 1. The van der Waals surface area contributed by atoms with E-state index in [4.69, 9.17) is 4.98 Å². The van der Waals surface area contributed by atoms with E-state index in [1.807, 2.05) is 36.5 Å². The van der Waals surface area contributed by atoms with Gasteiger partial charge in [-0.25, -0.2) is 4.98 Å². The van der Waals surface area contributed by atoms with Gasteiger partial charge in [0.15, 0.2) is 0 Å². The Bertz CT molecular complexity index is 975. The fourth-order valence-corrected chi connectivity index (χ4v) is 2.66. The monoisotopic (exact) mass is 297 g/mol. The number of fused-ring (bicyclic) bond motifs is 1. The van der Waals surface area contributed by atoms with Crippen molar-refractivity contribution < 1.29 is 0 Å². The van der Waals surface area contributed by atoms with Crippen molar-refractivity contribution in [3.8, 4) is 22.5 Å². The Balaban J connectivity index is 1.89. The van der Waals surface area contributed by atoms with Crippen LogP contribution in [0, 0.1) is 6.92 Å². The summed E-state index contributed by atoms with van der Waals surface area (Å²) in [6.45, 7) is 2.08. The van der Waals surface area contributed by atoms with Crippen LogP contribution in [0.4, 0.5) is 0 Å². The summed E-state index contributed by atoms with van der Waals surface area (Å²) in [5.41, 5.74) is 7.01. The molecule has 0 amide bonds. The molecule has 110 valence electrons. The lowest BCUT2D eigenvalue weighted by Crippen LogP contribution is -1.92. The Labute approximate surface area is 134 Å². The molecule has 0 N–H and O–H groups in total. The van der Waals surface area contributed by atoms with E-state index in [0.29, 0.717) is 0 Å². The Morgan fingerprint density at radius 1 is 0.696 bits per heavy atom. The minimum atomic E-state index is 0.892. The molecular weight excluding hydrogens is 282 g/mol. The number of pyridine rings is 3. The Morgan fingerprint density at radius 3 is 2.35 bits per heavy atom. The fourth-order valence-electron chi connectivity index (χ4n) is 2.66. The molecule has 4 rings (SSSR count). The Kier molecular flexibility index (Phi) is 3.31. The van der Waals surface area contributed by atoms with Crippen LogP contribution in [0.1, 0.15) is 5.56 Å². The largest absolute Gasteiger partial charge is 0.256 e. The third kappa shape index (κ3) is 2.57. The van der Waals surface area contributed by atoms with Crippen molar-refractivity contribution in [3.05, 3.63) is 78.6 Å². The maximum atomic E-state index is 4.75. The molecule has 23 heavy (non-hydrogen) atoms. The lowest BCUT2D eigenvalue weighted by molar-refractivity contribution is 1.29. The van der Waals surface area contributed by atoms with Crippen LogP contribution in [0.25, 0.3) is 33.5 Å². The van der Waals surface area contributed by atoms with Crippen LogP contribution in [0.5, 0.6) is 0 Å². The number of nitrogens with zero attached hydrogens (tertiary/aromatic N) is 3. The van der Waals surface area contributed by atoms with Gasteiger partial charge in [0.05, 0.1) is 22.4 Å². The lowest BCUT2D eigenvalue weighted by Gasteiger charge is -2.09. The van der Waals surface area contributed by atoms with Crippen LogP contribution in [-0.2, 0) is 0 Å². The molecule has 1 aromatic carbocycles. The van der Waals surface area contributed by atoms with E-state index in [1.54, 1.807) is 6.20 Å². The Hall–Kier alpha value is -3.07. The number of hydrogen-bond acceptors (Lipinski definition) is 3. The second-order valence-electron chi connectivity index (χ2n) is 5.50. The first-order valence-electron chi connectivity index (χ1n) is 7.55. The highest BCUT2D eigenvalue weighted by Crippen LogP contribution is 2.29. The van der Waals surface area contributed by atoms with E-state index in [0.717, 1.165) is 33.5 Å². The number of hydrogen-bond donors (Lipinski definition) is 0. The van der Waals surface area contributed by atoms with Gasteiger partial charge in [-0.1, -0.05) is 29.8 Å². The first-order valence-corrected chi connectivity index (χ1v) is 7.55. The molecule has 0 aliphatic rings. The van der Waals surface area contributed by atoms with Gasteiger partial charge in [-0.15, -0.1) is 0 Å². The number of aromatic nitrogens is 3. The molecule has 0 bridgehead atoms. The van der Waals surface area contributed by atoms with Gasteiger partial charge in [-0.3, -0.25) is 9.97 Å². The summed E-state index contributed by atoms with van der Waals surface area (Å²) in [4.78, 5) is 13.7. The van der Waals surface area contributed by atoms with Gasteiger partial charge < -0.3 is 0 Å². The number of rotatable bonds is 2. The molecule has 3 nitrogen and oxygen atoms in total. The molecular formula is C20H15N3. The summed E-state index contributed by atoms with van der Waals surface area (Å²) in [6.07, 6.45) is 3.60. The second-order valence-corrected chi connectivity index (χ2v) is 5.50. The van der Waals surface area contributed by atoms with E-state index in [2.05, 4.69) is 47.2 Å². The van der Waals surface area contributed by atoms with Gasteiger partial charge in [0.25, 0.3) is 0 Å². The van der Waals surface area contributed by atoms with E-state index in [1.165, 1.54) is 5.56 Å². The van der Waals surface area contributed by atoms with Crippen molar-refractivity contribution in [3.63, 3.8) is 0 Å². The van der Waals surface area contributed by atoms with Crippen molar-refractivity contribution in [2.75, 3.05) is 0 Å². The molecule has 3 heterocycles. The molecule has 0 atom stereocenters. The zero-order valence-corrected chi connectivity index (χ0v) is 12.8. The van der Waals surface area contributed by atoms with Crippen LogP contribution in [0.3, 0.4) is 0 Å². The van der Waals surface area contributed by atoms with Crippen molar-refractivity contribution in [1.29, 1.82) is 0 Å². The highest BCUT2D eigenvalue weighted by atomic mass is 14.8. The zero-order chi connectivity index (χ0) is 15.6. The lowest BCUT2D eigenvalue weighted by atomic mass is 10.0. The third-order valence-electron chi connectivity index (χ3n) is 3.86. The highest BCUT2D eigenvalue weighted by Gasteiger charge is 2.10. The average Bonchev–Trinajstić information content (AvgIpc) is 2.62. The van der Waals surface area contributed by atoms with Crippen molar-refractivity contribution in [1.82, 2.24) is 15.0 Å². The van der Waals surface area contributed by atoms with Crippen molar-refractivity contribution >= 4 is 11.0 Å². The second kappa shape index (κ2) is 5.61. The summed E-state index contributed by atoms with van der Waals surface area (Å²) in [5.74, 6) is 0. The molecule has 0 saturated heterocycles. The first kappa shape index (κ1) is 13.6. The maximum absolute atomic E-state index is 4.75. The summed E-state index contributed by atoms with van der Waals surface area (Å²) >= 11 is 0. The maximum Gasteiger partial charge on any atom is 0.0894 e. The van der Waals surface area contributed by atoms with E-state index >= 15 is 0 Å². The summed E-state index contributed by atoms with van der Waals surface area (Å²) in [6, 6.07) is 20.3. The molecule has 0 aliphatic heterocycles. The minimum Gasteiger partial charge on any atom is -0.256 e. The van der Waals surface area contributed by atoms with Crippen LogP contribution >= 0.6 is 0 Å². The van der Waals surface area contributed by atoms with Crippen LogP contribution in [0.15, 0.2) is 73.1 Å². The molecule has 0 fully saturated rings. The quantitative estimate of drug-likeness (QED) is 0.540.